The molecule has 0 bridgehead atoms. The molecule has 0 aliphatic carbocycles. The van der Waals surface area contributed by atoms with E-state index in [1.165, 1.54) is 62.8 Å². The minimum atomic E-state index is -4.27. The van der Waals surface area contributed by atoms with Gasteiger partial charge in [0.1, 0.15) is 10.1 Å². The molecule has 0 unspecified atom stereocenters. The second-order valence-electron chi connectivity index (χ2n) is 9.76. The van der Waals surface area contributed by atoms with E-state index in [1.807, 2.05) is 6.92 Å². The van der Waals surface area contributed by atoms with Gasteiger partial charge in [0.2, 0.25) is 0 Å². The summed E-state index contributed by atoms with van der Waals surface area (Å²) in [6.45, 7) is 8.55. The van der Waals surface area contributed by atoms with Gasteiger partial charge in [-0.05, 0) is 91.4 Å². The maximum absolute atomic E-state index is 10.4. The van der Waals surface area contributed by atoms with E-state index in [0.717, 1.165) is 24.8 Å². The van der Waals surface area contributed by atoms with Crippen molar-refractivity contribution in [2.75, 3.05) is 0 Å². The molecule has 0 aliphatic rings. The molecule has 0 saturated heterocycles. The molecule has 0 heterocycles. The molecule has 3 nitrogen and oxygen atoms in total. The molecule has 0 fully saturated rings. The van der Waals surface area contributed by atoms with Gasteiger partial charge < -0.3 is 4.55 Å². The van der Waals surface area contributed by atoms with E-state index in [4.69, 9.17) is 0 Å². The average Bonchev–Trinajstić information content (AvgIpc) is 2.92. The largest absolute Gasteiger partial charge is 0.744 e. The summed E-state index contributed by atoms with van der Waals surface area (Å²) < 4.78 is 31.2. The lowest BCUT2D eigenvalue weighted by Gasteiger charge is -2.10. The van der Waals surface area contributed by atoms with Gasteiger partial charge in [-0.1, -0.05) is 94.1 Å². The third-order valence-electron chi connectivity index (χ3n) is 6.40. The van der Waals surface area contributed by atoms with Crippen LogP contribution in [0.3, 0.4) is 0 Å². The molecule has 0 aromatic heterocycles. The number of hydrogen-bond acceptors (Lipinski definition) is 3. The molecule has 0 amide bonds. The van der Waals surface area contributed by atoms with E-state index >= 15 is 0 Å². The maximum Gasteiger partial charge on any atom is 0.166 e. The zero-order valence-electron chi connectivity index (χ0n) is 23.5. The van der Waals surface area contributed by atoms with E-state index in [-0.39, 0.29) is 15.8 Å². The van der Waals surface area contributed by atoms with Crippen LogP contribution in [0.4, 0.5) is 0 Å². The van der Waals surface area contributed by atoms with Gasteiger partial charge in [0.25, 0.3) is 0 Å². The van der Waals surface area contributed by atoms with Gasteiger partial charge in [-0.2, -0.15) is 0 Å². The van der Waals surface area contributed by atoms with Crippen molar-refractivity contribution in [3.63, 3.8) is 0 Å². The topological polar surface area (TPSA) is 57.2 Å². The monoisotopic (exact) mass is 560 g/mol. The summed E-state index contributed by atoms with van der Waals surface area (Å²) in [6, 6.07) is 33.7. The quantitative estimate of drug-likeness (QED) is 0.144. The van der Waals surface area contributed by atoms with Crippen molar-refractivity contribution in [3.8, 4) is 0 Å². The Morgan fingerprint density at radius 2 is 0.846 bits per heavy atom. The van der Waals surface area contributed by atoms with Crippen LogP contribution >= 0.6 is 0 Å². The molecule has 0 atom stereocenters. The van der Waals surface area contributed by atoms with Crippen LogP contribution in [0.1, 0.15) is 62.3 Å². The van der Waals surface area contributed by atoms with Crippen LogP contribution in [-0.4, -0.2) is 13.0 Å². The summed E-state index contributed by atoms with van der Waals surface area (Å²) in [6.07, 6.45) is 7.07. The number of rotatable bonds is 10. The fraction of sp³-hybridized carbons (Fsp3) is 0.294. The Morgan fingerprint density at radius 1 is 0.538 bits per heavy atom. The molecule has 4 aromatic rings. The van der Waals surface area contributed by atoms with Crippen molar-refractivity contribution in [2.24, 2.45) is 0 Å². The van der Waals surface area contributed by atoms with Crippen molar-refractivity contribution < 1.29 is 13.0 Å². The SMILES string of the molecule is CCCc1ccc([S+](c2ccc(CCC)cc2)c2ccc(CCC)cc2)cc1.Cc1ccc(S(=O)(=O)[O-])cc1. The Morgan fingerprint density at radius 3 is 1.10 bits per heavy atom. The van der Waals surface area contributed by atoms with Crippen LogP contribution in [0.5, 0.6) is 0 Å². The van der Waals surface area contributed by atoms with E-state index in [9.17, 15) is 13.0 Å². The predicted molar refractivity (Wildman–Crippen MR) is 163 cm³/mol. The summed E-state index contributed by atoms with van der Waals surface area (Å²) in [5.41, 5.74) is 5.24. The van der Waals surface area contributed by atoms with Crippen molar-refractivity contribution in [1.29, 1.82) is 0 Å². The van der Waals surface area contributed by atoms with Crippen molar-refractivity contribution >= 4 is 21.0 Å². The van der Waals surface area contributed by atoms with Crippen LogP contribution < -0.4 is 0 Å². The first-order chi connectivity index (χ1) is 18.7. The first-order valence-corrected chi connectivity index (χ1v) is 16.4. The Balaban J connectivity index is 0.000000320. The van der Waals surface area contributed by atoms with Gasteiger partial charge in [-0.3, -0.25) is 0 Å². The van der Waals surface area contributed by atoms with Crippen LogP contribution in [-0.2, 0) is 40.3 Å². The normalized spacial score (nSPS) is 11.2. The van der Waals surface area contributed by atoms with Crippen LogP contribution in [0, 0.1) is 6.92 Å². The molecule has 4 aromatic carbocycles. The zero-order valence-corrected chi connectivity index (χ0v) is 25.2. The Hall–Kier alpha value is -2.86. The first-order valence-electron chi connectivity index (χ1n) is 13.8. The van der Waals surface area contributed by atoms with Crippen LogP contribution in [0.25, 0.3) is 0 Å². The highest BCUT2D eigenvalue weighted by atomic mass is 32.2. The minimum absolute atomic E-state index is 0.0512. The summed E-state index contributed by atoms with van der Waals surface area (Å²) in [5, 5.41) is 0. The Labute approximate surface area is 238 Å². The van der Waals surface area contributed by atoms with Crippen LogP contribution in [0.15, 0.2) is 117 Å². The zero-order chi connectivity index (χ0) is 28.3. The highest BCUT2D eigenvalue weighted by Gasteiger charge is 2.28. The molecular weight excluding hydrogens is 521 g/mol. The standard InChI is InChI=1S/C27H33S.C7H8O3S/c1-4-7-22-10-16-25(17-11-22)28(26-18-12-23(8-5-2)13-19-26)27-20-14-24(9-6-3)15-21-27;1-6-2-4-7(5-3-6)11(8,9)10/h10-21H,4-9H2,1-3H3;2-5H,1H3,(H,8,9,10)/q+1;/p-1. The average molecular weight is 561 g/mol. The van der Waals surface area contributed by atoms with E-state index in [1.54, 1.807) is 12.1 Å². The van der Waals surface area contributed by atoms with Crippen molar-refractivity contribution in [3.05, 3.63) is 119 Å². The lowest BCUT2D eigenvalue weighted by atomic mass is 10.1. The van der Waals surface area contributed by atoms with Gasteiger partial charge in [-0.25, -0.2) is 8.42 Å². The third-order valence-corrected chi connectivity index (χ3v) is 9.48. The number of aryl methyl sites for hydroxylation is 4. The minimum Gasteiger partial charge on any atom is -0.744 e. The van der Waals surface area contributed by atoms with Gasteiger partial charge in [-0.15, -0.1) is 0 Å². The van der Waals surface area contributed by atoms with E-state index in [0.29, 0.717) is 0 Å². The Kier molecular flexibility index (Phi) is 11.9. The van der Waals surface area contributed by atoms with Gasteiger partial charge in [0.15, 0.2) is 14.7 Å². The molecule has 0 aliphatic heterocycles. The van der Waals surface area contributed by atoms with Gasteiger partial charge >= 0.3 is 0 Å². The summed E-state index contributed by atoms with van der Waals surface area (Å²) in [7, 11) is -4.32. The molecule has 0 N–H and O–H groups in total. The lowest BCUT2D eigenvalue weighted by molar-refractivity contribution is 0.463. The molecular formula is C34H40O3S2. The lowest BCUT2D eigenvalue weighted by Crippen LogP contribution is -2.05. The summed E-state index contributed by atoms with van der Waals surface area (Å²) in [4.78, 5) is 4.05. The predicted octanol–water partition coefficient (Wildman–Crippen LogP) is 8.54. The fourth-order valence-corrected chi connectivity index (χ4v) is 6.87. The molecule has 4 rings (SSSR count). The smallest absolute Gasteiger partial charge is 0.166 e. The third kappa shape index (κ3) is 9.38. The summed E-state index contributed by atoms with van der Waals surface area (Å²) >= 11 is 0. The Bertz CT molecular complexity index is 1260. The molecule has 0 radical (unpaired) electrons. The molecule has 39 heavy (non-hydrogen) atoms. The number of benzene rings is 4. The first kappa shape index (κ1) is 30.7. The van der Waals surface area contributed by atoms with E-state index < -0.39 is 10.1 Å². The van der Waals surface area contributed by atoms with Crippen LogP contribution in [0.2, 0.25) is 0 Å². The van der Waals surface area contributed by atoms with Crippen molar-refractivity contribution in [1.82, 2.24) is 0 Å². The fourth-order valence-electron chi connectivity index (χ4n) is 4.36. The second kappa shape index (κ2) is 15.1. The summed E-state index contributed by atoms with van der Waals surface area (Å²) in [5.74, 6) is 0. The van der Waals surface area contributed by atoms with Crippen molar-refractivity contribution in [2.45, 2.75) is 85.8 Å². The van der Waals surface area contributed by atoms with Gasteiger partial charge in [0.05, 0.1) is 15.8 Å². The number of hydrogen-bond donors (Lipinski definition) is 0. The van der Waals surface area contributed by atoms with Gasteiger partial charge in [0, 0.05) is 0 Å². The van der Waals surface area contributed by atoms with E-state index in [2.05, 4.69) is 93.6 Å². The highest BCUT2D eigenvalue weighted by Crippen LogP contribution is 2.32. The molecule has 0 spiro atoms. The molecule has 206 valence electrons. The molecule has 0 saturated carbocycles. The molecule has 5 heteroatoms. The maximum atomic E-state index is 10.4. The second-order valence-corrected chi connectivity index (χ2v) is 13.2. The highest BCUT2D eigenvalue weighted by molar-refractivity contribution is 7.97.